The highest BCUT2D eigenvalue weighted by molar-refractivity contribution is 6.02. The number of aliphatic imine (C=N–C) groups is 1. The third-order valence-corrected chi connectivity index (χ3v) is 3.72. The normalized spacial score (nSPS) is 21.7. The molecule has 22 heavy (non-hydrogen) atoms. The van der Waals surface area contributed by atoms with Crippen LogP contribution < -0.4 is 0 Å². The molecule has 9 nitrogen and oxygen atoms in total. The Morgan fingerprint density at radius 2 is 2.09 bits per heavy atom. The van der Waals surface area contributed by atoms with E-state index in [2.05, 4.69) is 19.9 Å². The van der Waals surface area contributed by atoms with E-state index in [0.717, 1.165) is 4.90 Å². The van der Waals surface area contributed by atoms with Crippen LogP contribution in [0.15, 0.2) is 27.8 Å². The lowest BCUT2D eigenvalue weighted by molar-refractivity contribution is -0.141. The number of amides is 1. The summed E-state index contributed by atoms with van der Waals surface area (Å²) in [6, 6.07) is 3.99. The molecule has 1 amide bonds. The van der Waals surface area contributed by atoms with Gasteiger partial charge in [0.25, 0.3) is 0 Å². The lowest BCUT2D eigenvalue weighted by atomic mass is 9.86. The van der Waals surface area contributed by atoms with Crippen LogP contribution in [0.1, 0.15) is 18.5 Å². The van der Waals surface area contributed by atoms with Gasteiger partial charge in [-0.25, -0.2) is 9.42 Å². The van der Waals surface area contributed by atoms with Gasteiger partial charge in [-0.15, -0.1) is 0 Å². The number of hydrogen-bond acceptors (Lipinski definition) is 6. The number of nitrogens with zero attached hydrogens (tertiary/aromatic N) is 4. The molecule has 1 aromatic heterocycles. The Morgan fingerprint density at radius 3 is 2.77 bits per heavy atom. The molecule has 0 bridgehead atoms. The first-order chi connectivity index (χ1) is 10.5. The number of aliphatic carboxylic acids is 1. The Hall–Kier alpha value is -2.97. The number of carbonyl (C=O) groups is 2. The molecule has 0 fully saturated rings. The van der Waals surface area contributed by atoms with Crippen molar-refractivity contribution in [1.82, 2.24) is 15.2 Å². The van der Waals surface area contributed by atoms with E-state index in [1.807, 2.05) is 0 Å². The summed E-state index contributed by atoms with van der Waals surface area (Å²) in [5.41, 5.74) is 1.58. The van der Waals surface area contributed by atoms with Crippen molar-refractivity contribution in [3.8, 4) is 0 Å². The highest BCUT2D eigenvalue weighted by Gasteiger charge is 2.42. The van der Waals surface area contributed by atoms with Crippen LogP contribution in [0.4, 0.5) is 4.79 Å². The van der Waals surface area contributed by atoms with Crippen LogP contribution in [-0.2, 0) is 4.79 Å². The van der Waals surface area contributed by atoms with Gasteiger partial charge in [0.2, 0.25) is 0 Å². The van der Waals surface area contributed by atoms with Crippen LogP contribution >= 0.6 is 0 Å². The Bertz CT molecular complexity index is 784. The van der Waals surface area contributed by atoms with Crippen LogP contribution in [0.25, 0.3) is 11.0 Å². The Kier molecular flexibility index (Phi) is 3.24. The van der Waals surface area contributed by atoms with Gasteiger partial charge in [-0.3, -0.25) is 14.7 Å². The predicted molar refractivity (Wildman–Crippen MR) is 73.5 cm³/mol. The molecule has 0 saturated carbocycles. The van der Waals surface area contributed by atoms with E-state index in [0.29, 0.717) is 22.3 Å². The summed E-state index contributed by atoms with van der Waals surface area (Å²) < 4.78 is 4.67. The van der Waals surface area contributed by atoms with Gasteiger partial charge < -0.3 is 10.2 Å². The van der Waals surface area contributed by atoms with Crippen LogP contribution in [0.5, 0.6) is 0 Å². The maximum atomic E-state index is 11.6. The first-order valence-corrected chi connectivity index (χ1v) is 6.45. The molecule has 3 rings (SSSR count). The molecule has 9 heteroatoms. The average Bonchev–Trinajstić information content (AvgIpc) is 2.94. The van der Waals surface area contributed by atoms with Gasteiger partial charge in [0.15, 0.2) is 0 Å². The highest BCUT2D eigenvalue weighted by Crippen LogP contribution is 2.36. The fraction of sp³-hybridized carbons (Fsp3) is 0.308. The number of carboxylic acids is 1. The van der Waals surface area contributed by atoms with Crippen molar-refractivity contribution in [2.75, 3.05) is 6.67 Å². The van der Waals surface area contributed by atoms with Gasteiger partial charge in [0.05, 0.1) is 6.04 Å². The molecule has 2 atom stereocenters. The Balaban J connectivity index is 2.22. The van der Waals surface area contributed by atoms with Crippen molar-refractivity contribution in [1.29, 1.82) is 0 Å². The summed E-state index contributed by atoms with van der Waals surface area (Å²) >= 11 is 0. The third kappa shape index (κ3) is 2.07. The molecule has 2 aromatic rings. The Labute approximate surface area is 123 Å². The quantitative estimate of drug-likeness (QED) is 0.857. The van der Waals surface area contributed by atoms with Gasteiger partial charge in [0, 0.05) is 11.3 Å². The molecule has 0 spiro atoms. The predicted octanol–water partition coefficient (Wildman–Crippen LogP) is 1.38. The smallest absolute Gasteiger partial charge is 0.409 e. The standard InChI is InChI=1S/C13H12N4O5/c1-6-9(12(18)19)11(17(5-14-6)13(20)21)7-3-2-4-8-10(7)16-22-15-8/h2-4,9,11H,5H2,1H3,(H,18,19)(H,20,21). The van der Waals surface area contributed by atoms with Gasteiger partial charge in [-0.2, -0.15) is 0 Å². The molecule has 114 valence electrons. The number of benzene rings is 1. The third-order valence-electron chi connectivity index (χ3n) is 3.72. The zero-order chi connectivity index (χ0) is 15.9. The maximum absolute atomic E-state index is 11.6. The molecule has 2 N–H and O–H groups in total. The van der Waals surface area contributed by atoms with Crippen LogP contribution in [0.2, 0.25) is 0 Å². The van der Waals surface area contributed by atoms with Gasteiger partial charge in [-0.1, -0.05) is 12.1 Å². The molecule has 0 saturated heterocycles. The summed E-state index contributed by atoms with van der Waals surface area (Å²) in [5.74, 6) is -2.24. The summed E-state index contributed by atoms with van der Waals surface area (Å²) in [5, 5.41) is 26.4. The van der Waals surface area contributed by atoms with E-state index in [9.17, 15) is 19.8 Å². The number of carboxylic acid groups (broad SMARTS) is 2. The number of aromatic nitrogens is 2. The molecular weight excluding hydrogens is 292 g/mol. The van der Waals surface area contributed by atoms with Crippen LogP contribution in [0, 0.1) is 5.92 Å². The molecule has 2 heterocycles. The number of rotatable bonds is 2. The van der Waals surface area contributed by atoms with Crippen molar-refractivity contribution in [3.05, 3.63) is 23.8 Å². The summed E-state index contributed by atoms with van der Waals surface area (Å²) in [6.07, 6.45) is -1.25. The first kappa shape index (κ1) is 14.0. The molecular formula is C13H12N4O5. The second kappa shape index (κ2) is 5.10. The van der Waals surface area contributed by atoms with Gasteiger partial charge >= 0.3 is 12.1 Å². The summed E-state index contributed by atoms with van der Waals surface area (Å²) in [6.45, 7) is 1.45. The van der Waals surface area contributed by atoms with Crippen molar-refractivity contribution in [2.45, 2.75) is 13.0 Å². The van der Waals surface area contributed by atoms with E-state index in [4.69, 9.17) is 0 Å². The second-order valence-corrected chi connectivity index (χ2v) is 4.93. The van der Waals surface area contributed by atoms with Crippen LogP contribution in [-0.4, -0.2) is 49.9 Å². The van der Waals surface area contributed by atoms with E-state index < -0.39 is 24.0 Å². The van der Waals surface area contributed by atoms with Gasteiger partial charge in [0.1, 0.15) is 23.6 Å². The fourth-order valence-electron chi connectivity index (χ4n) is 2.69. The zero-order valence-electron chi connectivity index (χ0n) is 11.5. The lowest BCUT2D eigenvalue weighted by Gasteiger charge is -2.36. The first-order valence-electron chi connectivity index (χ1n) is 6.45. The maximum Gasteiger partial charge on any atom is 0.409 e. The molecule has 1 aliphatic heterocycles. The minimum Gasteiger partial charge on any atom is -0.481 e. The largest absolute Gasteiger partial charge is 0.481 e. The average molecular weight is 304 g/mol. The molecule has 1 aliphatic rings. The summed E-state index contributed by atoms with van der Waals surface area (Å²) in [7, 11) is 0. The van der Waals surface area contributed by atoms with Crippen LogP contribution in [0.3, 0.4) is 0 Å². The van der Waals surface area contributed by atoms with E-state index in [1.165, 1.54) is 0 Å². The van der Waals surface area contributed by atoms with Crippen molar-refractivity contribution in [2.24, 2.45) is 10.9 Å². The molecule has 0 aliphatic carbocycles. The van der Waals surface area contributed by atoms with Gasteiger partial charge in [-0.05, 0) is 23.3 Å². The monoisotopic (exact) mass is 304 g/mol. The number of hydrogen-bond donors (Lipinski definition) is 2. The fourth-order valence-corrected chi connectivity index (χ4v) is 2.69. The van der Waals surface area contributed by atoms with Crippen molar-refractivity contribution in [3.63, 3.8) is 0 Å². The summed E-state index contributed by atoms with van der Waals surface area (Å²) in [4.78, 5) is 28.1. The lowest BCUT2D eigenvalue weighted by Crippen LogP contribution is -2.46. The molecule has 0 radical (unpaired) electrons. The minimum absolute atomic E-state index is 0.128. The van der Waals surface area contributed by atoms with E-state index in [-0.39, 0.29) is 6.67 Å². The topological polar surface area (TPSA) is 129 Å². The van der Waals surface area contributed by atoms with E-state index >= 15 is 0 Å². The minimum atomic E-state index is -1.25. The second-order valence-electron chi connectivity index (χ2n) is 4.93. The van der Waals surface area contributed by atoms with Crippen molar-refractivity contribution < 1.29 is 24.4 Å². The highest BCUT2D eigenvalue weighted by atomic mass is 16.6. The zero-order valence-corrected chi connectivity index (χ0v) is 11.5. The molecule has 2 unspecified atom stereocenters. The Morgan fingerprint density at radius 1 is 1.32 bits per heavy atom. The number of fused-ring (bicyclic) bond motifs is 1. The SMILES string of the molecule is CC1=NCN(C(=O)O)C(c2cccc3nonc23)C1C(=O)O. The molecule has 1 aromatic carbocycles. The van der Waals surface area contributed by atoms with Crippen molar-refractivity contribution >= 4 is 28.8 Å². The van der Waals surface area contributed by atoms with E-state index in [1.54, 1.807) is 25.1 Å².